The molecular formula is C12H12N4O2. The van der Waals surface area contributed by atoms with Crippen LogP contribution in [0.2, 0.25) is 0 Å². The minimum atomic E-state index is -0.305. The molecule has 0 radical (unpaired) electrons. The van der Waals surface area contributed by atoms with Gasteiger partial charge in [-0.25, -0.2) is 9.48 Å². The highest BCUT2D eigenvalue weighted by molar-refractivity contribution is 6.08. The van der Waals surface area contributed by atoms with Crippen LogP contribution in [0.25, 0.3) is 22.1 Å². The average molecular weight is 244 g/mol. The number of furan rings is 1. The highest BCUT2D eigenvalue weighted by Crippen LogP contribution is 2.32. The molecule has 0 unspecified atom stereocenters. The second-order valence-electron chi connectivity index (χ2n) is 3.95. The van der Waals surface area contributed by atoms with Crippen LogP contribution in [0.15, 0.2) is 28.7 Å². The van der Waals surface area contributed by atoms with E-state index in [4.69, 9.17) is 4.42 Å². The molecule has 92 valence electrons. The summed E-state index contributed by atoms with van der Waals surface area (Å²) in [5, 5.41) is 10.5. The van der Waals surface area contributed by atoms with Gasteiger partial charge in [0.1, 0.15) is 11.1 Å². The number of nitrogens with one attached hydrogen (secondary N) is 2. The number of para-hydroxylation sites is 1. The van der Waals surface area contributed by atoms with Gasteiger partial charge in [0.2, 0.25) is 0 Å². The summed E-state index contributed by atoms with van der Waals surface area (Å²) in [7, 11) is 3.32. The molecule has 0 aliphatic rings. The van der Waals surface area contributed by atoms with Crippen molar-refractivity contribution in [3.8, 4) is 0 Å². The smallest absolute Gasteiger partial charge is 0.320 e. The van der Waals surface area contributed by atoms with Crippen molar-refractivity contribution >= 4 is 33.9 Å². The Morgan fingerprint density at radius 1 is 1.39 bits per heavy atom. The maximum absolute atomic E-state index is 11.4. The van der Waals surface area contributed by atoms with Crippen LogP contribution >= 0.6 is 0 Å². The number of amides is 2. The Morgan fingerprint density at radius 2 is 2.17 bits per heavy atom. The molecule has 2 heterocycles. The standard InChI is InChI=1S/C12H12N4O2/c1-13-12(17)14-11-10-9(15-16(11)2)7-5-3-4-6-8(7)18-10/h3-6H,1-2H3,(H2,13,14,17). The van der Waals surface area contributed by atoms with E-state index in [2.05, 4.69) is 15.7 Å². The molecule has 6 nitrogen and oxygen atoms in total. The molecule has 0 aliphatic carbocycles. The number of carbonyl (C=O) groups is 1. The summed E-state index contributed by atoms with van der Waals surface area (Å²) in [4.78, 5) is 11.4. The van der Waals surface area contributed by atoms with E-state index in [9.17, 15) is 4.79 Å². The number of aryl methyl sites for hydroxylation is 1. The highest BCUT2D eigenvalue weighted by atomic mass is 16.3. The Bertz CT molecular complexity index is 741. The van der Waals surface area contributed by atoms with Crippen LogP contribution in [0.3, 0.4) is 0 Å². The van der Waals surface area contributed by atoms with Gasteiger partial charge in [-0.1, -0.05) is 12.1 Å². The van der Waals surface area contributed by atoms with Crippen molar-refractivity contribution in [2.75, 3.05) is 12.4 Å². The Morgan fingerprint density at radius 3 is 2.94 bits per heavy atom. The Hall–Kier alpha value is -2.50. The van der Waals surface area contributed by atoms with Crippen molar-refractivity contribution in [2.45, 2.75) is 0 Å². The zero-order valence-electron chi connectivity index (χ0n) is 10.0. The highest BCUT2D eigenvalue weighted by Gasteiger charge is 2.17. The van der Waals surface area contributed by atoms with E-state index >= 15 is 0 Å². The SMILES string of the molecule is CNC(=O)Nc1c2oc3ccccc3c2nn1C. The third-order valence-corrected chi connectivity index (χ3v) is 2.82. The summed E-state index contributed by atoms with van der Waals surface area (Å²) in [6.07, 6.45) is 0. The van der Waals surface area contributed by atoms with Crippen LogP contribution in [0.4, 0.5) is 10.6 Å². The number of nitrogens with zero attached hydrogens (tertiary/aromatic N) is 2. The van der Waals surface area contributed by atoms with Gasteiger partial charge < -0.3 is 9.73 Å². The molecule has 2 N–H and O–H groups in total. The molecule has 0 aliphatic heterocycles. The van der Waals surface area contributed by atoms with E-state index < -0.39 is 0 Å². The van der Waals surface area contributed by atoms with Crippen LogP contribution in [-0.2, 0) is 7.05 Å². The van der Waals surface area contributed by atoms with E-state index in [-0.39, 0.29) is 6.03 Å². The Labute approximate surface area is 103 Å². The predicted molar refractivity (Wildman–Crippen MR) is 68.6 cm³/mol. The molecule has 0 spiro atoms. The third kappa shape index (κ3) is 1.42. The number of rotatable bonds is 1. The molecule has 3 aromatic rings. The third-order valence-electron chi connectivity index (χ3n) is 2.82. The van der Waals surface area contributed by atoms with Crippen LogP contribution in [0.5, 0.6) is 0 Å². The largest absolute Gasteiger partial charge is 0.450 e. The molecule has 1 aromatic carbocycles. The number of hydrogen-bond acceptors (Lipinski definition) is 3. The fourth-order valence-corrected chi connectivity index (χ4v) is 1.95. The monoisotopic (exact) mass is 244 g/mol. The molecule has 0 saturated heterocycles. The Balaban J connectivity index is 2.24. The molecule has 0 fully saturated rings. The van der Waals surface area contributed by atoms with Gasteiger partial charge in [-0.2, -0.15) is 5.10 Å². The first-order valence-corrected chi connectivity index (χ1v) is 5.53. The first kappa shape index (κ1) is 10.6. The van der Waals surface area contributed by atoms with Crippen LogP contribution in [0.1, 0.15) is 0 Å². The molecule has 2 amide bonds. The fourth-order valence-electron chi connectivity index (χ4n) is 1.95. The van der Waals surface area contributed by atoms with Gasteiger partial charge in [0.15, 0.2) is 11.4 Å². The normalized spacial score (nSPS) is 11.0. The van der Waals surface area contributed by atoms with Crippen molar-refractivity contribution < 1.29 is 9.21 Å². The van der Waals surface area contributed by atoms with E-state index in [1.54, 1.807) is 18.8 Å². The van der Waals surface area contributed by atoms with Crippen molar-refractivity contribution in [3.05, 3.63) is 24.3 Å². The molecule has 2 aromatic heterocycles. The first-order chi connectivity index (χ1) is 8.70. The fraction of sp³-hybridized carbons (Fsp3) is 0.167. The van der Waals surface area contributed by atoms with E-state index in [1.165, 1.54) is 0 Å². The van der Waals surface area contributed by atoms with Gasteiger partial charge in [0, 0.05) is 19.5 Å². The van der Waals surface area contributed by atoms with E-state index in [0.29, 0.717) is 11.4 Å². The van der Waals surface area contributed by atoms with Gasteiger partial charge in [0.25, 0.3) is 0 Å². The maximum Gasteiger partial charge on any atom is 0.320 e. The minimum absolute atomic E-state index is 0.305. The molecule has 0 atom stereocenters. The molecule has 18 heavy (non-hydrogen) atoms. The molecule has 0 bridgehead atoms. The second-order valence-corrected chi connectivity index (χ2v) is 3.95. The average Bonchev–Trinajstić information content (AvgIpc) is 2.87. The van der Waals surface area contributed by atoms with Gasteiger partial charge in [-0.3, -0.25) is 5.32 Å². The lowest BCUT2D eigenvalue weighted by molar-refractivity contribution is 0.253. The van der Waals surface area contributed by atoms with Gasteiger partial charge in [0.05, 0.1) is 0 Å². The molecular weight excluding hydrogens is 232 g/mol. The van der Waals surface area contributed by atoms with Gasteiger partial charge >= 0.3 is 6.03 Å². The van der Waals surface area contributed by atoms with Crippen molar-refractivity contribution in [3.63, 3.8) is 0 Å². The zero-order chi connectivity index (χ0) is 12.7. The summed E-state index contributed by atoms with van der Waals surface area (Å²) in [5.74, 6) is 0.542. The number of anilines is 1. The summed E-state index contributed by atoms with van der Waals surface area (Å²) in [6.45, 7) is 0. The zero-order valence-corrected chi connectivity index (χ0v) is 10.0. The van der Waals surface area contributed by atoms with Crippen LogP contribution in [0, 0.1) is 0 Å². The van der Waals surface area contributed by atoms with Crippen molar-refractivity contribution in [1.29, 1.82) is 0 Å². The molecule has 6 heteroatoms. The number of urea groups is 1. The number of fused-ring (bicyclic) bond motifs is 3. The second kappa shape index (κ2) is 3.76. The lowest BCUT2D eigenvalue weighted by atomic mass is 10.2. The quantitative estimate of drug-likeness (QED) is 0.688. The summed E-state index contributed by atoms with van der Waals surface area (Å²) < 4.78 is 7.32. The number of benzene rings is 1. The Kier molecular flexibility index (Phi) is 2.22. The predicted octanol–water partition coefficient (Wildman–Crippen LogP) is 2.07. The van der Waals surface area contributed by atoms with Gasteiger partial charge in [-0.05, 0) is 12.1 Å². The number of aromatic nitrogens is 2. The van der Waals surface area contributed by atoms with E-state index in [1.807, 2.05) is 24.3 Å². The summed E-state index contributed by atoms with van der Waals surface area (Å²) in [5.41, 5.74) is 2.09. The lowest BCUT2D eigenvalue weighted by Gasteiger charge is -2.03. The first-order valence-electron chi connectivity index (χ1n) is 5.53. The molecule has 0 saturated carbocycles. The molecule has 3 rings (SSSR count). The van der Waals surface area contributed by atoms with Crippen LogP contribution in [-0.4, -0.2) is 22.9 Å². The summed E-state index contributed by atoms with van der Waals surface area (Å²) >= 11 is 0. The van der Waals surface area contributed by atoms with Crippen molar-refractivity contribution in [2.24, 2.45) is 7.05 Å². The van der Waals surface area contributed by atoms with Crippen molar-refractivity contribution in [1.82, 2.24) is 15.1 Å². The number of hydrogen-bond donors (Lipinski definition) is 2. The van der Waals surface area contributed by atoms with Crippen LogP contribution < -0.4 is 10.6 Å². The minimum Gasteiger partial charge on any atom is -0.450 e. The maximum atomic E-state index is 11.4. The summed E-state index contributed by atoms with van der Waals surface area (Å²) in [6, 6.07) is 7.34. The van der Waals surface area contributed by atoms with E-state index in [0.717, 1.165) is 16.5 Å². The lowest BCUT2D eigenvalue weighted by Crippen LogP contribution is -2.25. The topological polar surface area (TPSA) is 72.1 Å². The van der Waals surface area contributed by atoms with Gasteiger partial charge in [-0.15, -0.1) is 0 Å². The number of carbonyl (C=O) groups excluding carboxylic acids is 1.